The standard InChI is InChI=1S/C18H13N3O2S/c1-2-14(24-7-1)10-21-18-13(9-19-21)3-5-15(20-18)12-4-6-16-17(8-12)23-11-22-16/h1-9H,10-11H2. The highest BCUT2D eigenvalue weighted by Crippen LogP contribution is 2.35. The summed E-state index contributed by atoms with van der Waals surface area (Å²) in [5.74, 6) is 1.55. The van der Waals surface area contributed by atoms with Crippen LogP contribution in [0.15, 0.2) is 54.0 Å². The molecule has 0 fully saturated rings. The molecule has 5 rings (SSSR count). The van der Waals surface area contributed by atoms with Gasteiger partial charge in [0.25, 0.3) is 0 Å². The molecular weight excluding hydrogens is 322 g/mol. The molecule has 4 heterocycles. The summed E-state index contributed by atoms with van der Waals surface area (Å²) in [5.41, 5.74) is 2.79. The molecule has 24 heavy (non-hydrogen) atoms. The first kappa shape index (κ1) is 13.6. The molecule has 0 aliphatic carbocycles. The molecule has 1 aliphatic heterocycles. The summed E-state index contributed by atoms with van der Waals surface area (Å²) in [6.07, 6.45) is 1.86. The van der Waals surface area contributed by atoms with Crippen LogP contribution < -0.4 is 9.47 Å². The fraction of sp³-hybridized carbons (Fsp3) is 0.111. The Morgan fingerprint density at radius 1 is 1.08 bits per heavy atom. The molecule has 1 aromatic carbocycles. The SMILES string of the molecule is c1csc(Cn2ncc3ccc(-c4ccc5c(c4)OCO5)nc32)c1. The van der Waals surface area contributed by atoms with E-state index in [0.29, 0.717) is 0 Å². The van der Waals surface area contributed by atoms with Gasteiger partial charge in [-0.05, 0) is 41.8 Å². The van der Waals surface area contributed by atoms with E-state index in [1.165, 1.54) is 4.88 Å². The Morgan fingerprint density at radius 3 is 2.96 bits per heavy atom. The van der Waals surface area contributed by atoms with Gasteiger partial charge in [-0.1, -0.05) is 6.07 Å². The summed E-state index contributed by atoms with van der Waals surface area (Å²) >= 11 is 1.72. The van der Waals surface area contributed by atoms with Crippen LogP contribution in [0.25, 0.3) is 22.3 Å². The predicted octanol–water partition coefficient (Wildman–Crippen LogP) is 3.94. The van der Waals surface area contributed by atoms with Crippen LogP contribution in [-0.2, 0) is 6.54 Å². The summed E-state index contributed by atoms with van der Waals surface area (Å²) in [6.45, 7) is 1.01. The van der Waals surface area contributed by atoms with E-state index >= 15 is 0 Å². The summed E-state index contributed by atoms with van der Waals surface area (Å²) in [7, 11) is 0. The molecule has 0 amide bonds. The lowest BCUT2D eigenvalue weighted by Gasteiger charge is -2.05. The van der Waals surface area contributed by atoms with E-state index < -0.39 is 0 Å². The van der Waals surface area contributed by atoms with Crippen LogP contribution >= 0.6 is 11.3 Å². The minimum atomic E-state index is 0.277. The summed E-state index contributed by atoms with van der Waals surface area (Å²) in [4.78, 5) is 6.08. The molecule has 0 radical (unpaired) electrons. The van der Waals surface area contributed by atoms with Crippen LogP contribution in [0.2, 0.25) is 0 Å². The van der Waals surface area contributed by atoms with Gasteiger partial charge in [-0.15, -0.1) is 11.3 Å². The lowest BCUT2D eigenvalue weighted by atomic mass is 10.1. The predicted molar refractivity (Wildman–Crippen MR) is 92.5 cm³/mol. The van der Waals surface area contributed by atoms with E-state index in [1.807, 2.05) is 35.1 Å². The second-order valence-corrected chi connectivity index (χ2v) is 6.59. The normalized spacial score (nSPS) is 12.8. The smallest absolute Gasteiger partial charge is 0.231 e. The Bertz CT molecular complexity index is 1020. The number of thiophene rings is 1. The lowest BCUT2D eigenvalue weighted by molar-refractivity contribution is 0.174. The van der Waals surface area contributed by atoms with Crippen LogP contribution in [0.3, 0.4) is 0 Å². The first-order chi connectivity index (χ1) is 11.9. The number of rotatable bonds is 3. The molecule has 6 heteroatoms. The van der Waals surface area contributed by atoms with Crippen molar-refractivity contribution in [3.8, 4) is 22.8 Å². The van der Waals surface area contributed by atoms with Gasteiger partial charge < -0.3 is 9.47 Å². The van der Waals surface area contributed by atoms with Crippen molar-refractivity contribution in [1.82, 2.24) is 14.8 Å². The van der Waals surface area contributed by atoms with Gasteiger partial charge in [0.05, 0.1) is 18.4 Å². The molecule has 0 saturated heterocycles. The quantitative estimate of drug-likeness (QED) is 0.569. The summed E-state index contributed by atoms with van der Waals surface area (Å²) in [6, 6.07) is 14.1. The van der Waals surface area contributed by atoms with E-state index in [1.54, 1.807) is 11.3 Å². The maximum Gasteiger partial charge on any atom is 0.231 e. The van der Waals surface area contributed by atoms with E-state index in [0.717, 1.165) is 40.3 Å². The Labute approximate surface area is 142 Å². The van der Waals surface area contributed by atoms with E-state index in [4.69, 9.17) is 14.5 Å². The van der Waals surface area contributed by atoms with Gasteiger partial charge in [-0.2, -0.15) is 5.10 Å². The van der Waals surface area contributed by atoms with Gasteiger partial charge in [0.2, 0.25) is 6.79 Å². The molecule has 0 spiro atoms. The van der Waals surface area contributed by atoms with Crippen LogP contribution in [0.4, 0.5) is 0 Å². The fourth-order valence-electron chi connectivity index (χ4n) is 2.84. The number of pyridine rings is 1. The minimum Gasteiger partial charge on any atom is -0.454 e. The molecule has 1 aliphatic rings. The highest BCUT2D eigenvalue weighted by molar-refractivity contribution is 7.09. The van der Waals surface area contributed by atoms with Crippen molar-refractivity contribution in [2.24, 2.45) is 0 Å². The average Bonchev–Trinajstić information content (AvgIpc) is 3.35. The van der Waals surface area contributed by atoms with Gasteiger partial charge in [0, 0.05) is 15.8 Å². The van der Waals surface area contributed by atoms with Gasteiger partial charge in [0.1, 0.15) is 0 Å². The van der Waals surface area contributed by atoms with Crippen LogP contribution in [0, 0.1) is 0 Å². The Morgan fingerprint density at radius 2 is 2.04 bits per heavy atom. The number of hydrogen-bond donors (Lipinski definition) is 0. The van der Waals surface area contributed by atoms with Crippen molar-refractivity contribution in [1.29, 1.82) is 0 Å². The number of aromatic nitrogens is 3. The Hall–Kier alpha value is -2.86. The Balaban J connectivity index is 1.57. The zero-order valence-electron chi connectivity index (χ0n) is 12.7. The van der Waals surface area contributed by atoms with Crippen LogP contribution in [-0.4, -0.2) is 21.6 Å². The van der Waals surface area contributed by atoms with Crippen LogP contribution in [0.5, 0.6) is 11.5 Å². The van der Waals surface area contributed by atoms with Crippen molar-refractivity contribution >= 4 is 22.4 Å². The van der Waals surface area contributed by atoms with Crippen molar-refractivity contribution in [2.75, 3.05) is 6.79 Å². The van der Waals surface area contributed by atoms with Gasteiger partial charge in [-0.25, -0.2) is 9.67 Å². The first-order valence-corrected chi connectivity index (χ1v) is 8.50. The molecule has 0 bridgehead atoms. The molecule has 0 N–H and O–H groups in total. The molecule has 0 unspecified atom stereocenters. The molecule has 0 saturated carbocycles. The summed E-state index contributed by atoms with van der Waals surface area (Å²) in [5, 5.41) is 7.59. The fourth-order valence-corrected chi connectivity index (χ4v) is 3.52. The van der Waals surface area contributed by atoms with Gasteiger partial charge in [0.15, 0.2) is 17.1 Å². The molecule has 5 nitrogen and oxygen atoms in total. The molecule has 0 atom stereocenters. The van der Waals surface area contributed by atoms with Crippen molar-refractivity contribution in [3.05, 3.63) is 58.9 Å². The van der Waals surface area contributed by atoms with Crippen molar-refractivity contribution in [3.63, 3.8) is 0 Å². The third-order valence-corrected chi connectivity index (χ3v) is 4.90. The Kier molecular flexibility index (Phi) is 3.02. The van der Waals surface area contributed by atoms with E-state index in [9.17, 15) is 0 Å². The highest BCUT2D eigenvalue weighted by atomic mass is 32.1. The van der Waals surface area contributed by atoms with Gasteiger partial charge in [-0.3, -0.25) is 0 Å². The third kappa shape index (κ3) is 2.23. The topological polar surface area (TPSA) is 49.2 Å². The second-order valence-electron chi connectivity index (χ2n) is 5.56. The maximum atomic E-state index is 5.46. The summed E-state index contributed by atoms with van der Waals surface area (Å²) < 4.78 is 12.8. The molecule has 4 aromatic rings. The first-order valence-electron chi connectivity index (χ1n) is 7.62. The minimum absolute atomic E-state index is 0.277. The molecular formula is C18H13N3O2S. The third-order valence-electron chi connectivity index (χ3n) is 4.04. The molecule has 3 aromatic heterocycles. The maximum absolute atomic E-state index is 5.46. The van der Waals surface area contributed by atoms with E-state index in [-0.39, 0.29) is 6.79 Å². The zero-order chi connectivity index (χ0) is 15.9. The molecule has 118 valence electrons. The number of fused-ring (bicyclic) bond motifs is 2. The zero-order valence-corrected chi connectivity index (χ0v) is 13.5. The monoisotopic (exact) mass is 335 g/mol. The number of ether oxygens (including phenoxy) is 2. The van der Waals surface area contributed by atoms with Crippen molar-refractivity contribution in [2.45, 2.75) is 6.54 Å². The van der Waals surface area contributed by atoms with Gasteiger partial charge >= 0.3 is 0 Å². The second kappa shape index (κ2) is 5.35. The number of hydrogen-bond acceptors (Lipinski definition) is 5. The van der Waals surface area contributed by atoms with Crippen LogP contribution in [0.1, 0.15) is 4.88 Å². The van der Waals surface area contributed by atoms with Crippen molar-refractivity contribution < 1.29 is 9.47 Å². The van der Waals surface area contributed by atoms with E-state index in [2.05, 4.69) is 28.7 Å². The average molecular weight is 335 g/mol. The number of benzene rings is 1. The highest BCUT2D eigenvalue weighted by Gasteiger charge is 2.15. The largest absolute Gasteiger partial charge is 0.454 e. The number of nitrogens with zero attached hydrogens (tertiary/aromatic N) is 3. The lowest BCUT2D eigenvalue weighted by Crippen LogP contribution is -2.01.